The van der Waals surface area contributed by atoms with Crippen LogP contribution in [0.25, 0.3) is 0 Å². The van der Waals surface area contributed by atoms with E-state index in [2.05, 4.69) is 15.9 Å². The van der Waals surface area contributed by atoms with Crippen molar-refractivity contribution in [2.75, 3.05) is 20.3 Å². The average molecular weight is 365 g/mol. The largest absolute Gasteiger partial charge is 0.490 e. The van der Waals surface area contributed by atoms with Crippen molar-refractivity contribution >= 4 is 21.9 Å². The number of esters is 1. The van der Waals surface area contributed by atoms with Crippen LogP contribution in [0.2, 0.25) is 0 Å². The third kappa shape index (κ3) is 4.86. The van der Waals surface area contributed by atoms with Gasteiger partial charge >= 0.3 is 5.97 Å². The maximum Gasteiger partial charge on any atom is 0.342 e. The first-order chi connectivity index (χ1) is 10.7. The van der Waals surface area contributed by atoms with Crippen LogP contribution in [0.3, 0.4) is 0 Å². The Morgan fingerprint density at radius 1 is 1.09 bits per heavy atom. The molecule has 0 aliphatic carbocycles. The third-order valence-electron chi connectivity index (χ3n) is 2.92. The molecule has 0 heterocycles. The molecule has 0 amide bonds. The summed E-state index contributed by atoms with van der Waals surface area (Å²) in [5.41, 5.74) is 1.34. The highest BCUT2D eigenvalue weighted by molar-refractivity contribution is 9.10. The normalized spacial score (nSPS) is 10.3. The quantitative estimate of drug-likeness (QED) is 0.553. The molecule has 2 rings (SSSR count). The van der Waals surface area contributed by atoms with Crippen molar-refractivity contribution in [3.05, 3.63) is 64.1 Å². The third-order valence-corrected chi connectivity index (χ3v) is 3.41. The fraction of sp³-hybridized carbons (Fsp3) is 0.235. The van der Waals surface area contributed by atoms with E-state index in [-0.39, 0.29) is 6.61 Å². The second-order valence-corrected chi connectivity index (χ2v) is 5.46. The first kappa shape index (κ1) is 16.5. The highest BCUT2D eigenvalue weighted by Gasteiger charge is 2.15. The maximum atomic E-state index is 12.2. The lowest BCUT2D eigenvalue weighted by Gasteiger charge is -2.11. The molecule has 4 nitrogen and oxygen atoms in total. The molecule has 0 atom stereocenters. The Hall–Kier alpha value is -1.85. The van der Waals surface area contributed by atoms with Gasteiger partial charge < -0.3 is 14.2 Å². The van der Waals surface area contributed by atoms with Gasteiger partial charge in [0.1, 0.15) is 24.5 Å². The lowest BCUT2D eigenvalue weighted by Crippen LogP contribution is -2.10. The summed E-state index contributed by atoms with van der Waals surface area (Å²) in [6.45, 7) is 1.05. The molecule has 0 saturated heterocycles. The molecule has 0 fully saturated rings. The Morgan fingerprint density at radius 2 is 1.86 bits per heavy atom. The van der Waals surface area contributed by atoms with Gasteiger partial charge in [-0.2, -0.15) is 0 Å². The van der Waals surface area contributed by atoms with Crippen molar-refractivity contribution in [1.29, 1.82) is 0 Å². The van der Waals surface area contributed by atoms with Gasteiger partial charge in [0.15, 0.2) is 0 Å². The van der Waals surface area contributed by atoms with Gasteiger partial charge in [-0.05, 0) is 23.8 Å². The lowest BCUT2D eigenvalue weighted by molar-refractivity contribution is 0.0466. The monoisotopic (exact) mass is 364 g/mol. The molecule has 0 unspecified atom stereocenters. The molecule has 0 aliphatic rings. The Morgan fingerprint density at radius 3 is 2.59 bits per heavy atom. The van der Waals surface area contributed by atoms with Crippen LogP contribution in [0.4, 0.5) is 0 Å². The molecular weight excluding hydrogens is 348 g/mol. The van der Waals surface area contributed by atoms with Gasteiger partial charge in [-0.15, -0.1) is 0 Å². The molecular formula is C17H17BrO4. The number of carbonyl (C=O) groups excluding carboxylic acids is 1. The van der Waals surface area contributed by atoms with Gasteiger partial charge in [0.05, 0.1) is 6.61 Å². The lowest BCUT2D eigenvalue weighted by atomic mass is 10.2. The van der Waals surface area contributed by atoms with E-state index in [0.29, 0.717) is 24.5 Å². The van der Waals surface area contributed by atoms with Crippen LogP contribution in [0, 0.1) is 0 Å². The topological polar surface area (TPSA) is 44.8 Å². The average Bonchev–Trinajstić information content (AvgIpc) is 2.54. The minimum absolute atomic E-state index is 0.229. The number of methoxy groups -OCH3 is 1. The van der Waals surface area contributed by atoms with Crippen molar-refractivity contribution in [2.45, 2.75) is 6.61 Å². The van der Waals surface area contributed by atoms with Crippen LogP contribution in [0.5, 0.6) is 5.75 Å². The molecule has 0 spiro atoms. The molecule has 0 radical (unpaired) electrons. The van der Waals surface area contributed by atoms with Crippen LogP contribution in [-0.2, 0) is 16.1 Å². The van der Waals surface area contributed by atoms with Gasteiger partial charge in [0, 0.05) is 11.6 Å². The predicted octanol–water partition coefficient (Wildman–Crippen LogP) is 3.83. The molecule has 116 valence electrons. The Labute approximate surface area is 138 Å². The summed E-state index contributed by atoms with van der Waals surface area (Å²) in [4.78, 5) is 12.2. The van der Waals surface area contributed by atoms with E-state index in [9.17, 15) is 4.79 Å². The minimum atomic E-state index is -0.413. The summed E-state index contributed by atoms with van der Waals surface area (Å²) in [5.74, 6) is 0.0632. The highest BCUT2D eigenvalue weighted by atomic mass is 79.9. The first-order valence-corrected chi connectivity index (χ1v) is 7.62. The SMILES string of the molecule is COCCOc1cc(Br)ccc1C(=O)OCc1ccccc1. The van der Waals surface area contributed by atoms with Crippen molar-refractivity contribution in [3.8, 4) is 5.75 Å². The van der Waals surface area contributed by atoms with Crippen LogP contribution in [0.15, 0.2) is 53.0 Å². The number of benzene rings is 2. The fourth-order valence-corrected chi connectivity index (χ4v) is 2.16. The molecule has 22 heavy (non-hydrogen) atoms. The zero-order valence-corrected chi connectivity index (χ0v) is 13.8. The Bertz CT molecular complexity index is 613. The number of rotatable bonds is 7. The van der Waals surface area contributed by atoms with Gasteiger partial charge in [0.2, 0.25) is 0 Å². The summed E-state index contributed by atoms with van der Waals surface area (Å²) in [7, 11) is 1.60. The molecule has 2 aromatic rings. The summed E-state index contributed by atoms with van der Waals surface area (Å²) in [5, 5.41) is 0. The minimum Gasteiger partial charge on any atom is -0.490 e. The van der Waals surface area contributed by atoms with Crippen molar-refractivity contribution in [3.63, 3.8) is 0 Å². The number of hydrogen-bond acceptors (Lipinski definition) is 4. The number of carbonyl (C=O) groups is 1. The number of ether oxygens (including phenoxy) is 3. The summed E-state index contributed by atoms with van der Waals surface area (Å²) in [6, 6.07) is 14.7. The van der Waals surface area contributed by atoms with E-state index in [1.807, 2.05) is 30.3 Å². The number of hydrogen-bond donors (Lipinski definition) is 0. The van der Waals surface area contributed by atoms with E-state index in [0.717, 1.165) is 10.0 Å². The van der Waals surface area contributed by atoms with E-state index in [1.165, 1.54) is 0 Å². The smallest absolute Gasteiger partial charge is 0.342 e. The van der Waals surface area contributed by atoms with Crippen molar-refractivity contribution < 1.29 is 19.0 Å². The molecule has 2 aromatic carbocycles. The van der Waals surface area contributed by atoms with E-state index in [4.69, 9.17) is 14.2 Å². The van der Waals surface area contributed by atoms with Crippen molar-refractivity contribution in [2.24, 2.45) is 0 Å². The Balaban J connectivity index is 2.04. The van der Waals surface area contributed by atoms with Crippen LogP contribution < -0.4 is 4.74 Å². The summed E-state index contributed by atoms with van der Waals surface area (Å²) >= 11 is 3.37. The Kier molecular flexibility index (Phi) is 6.43. The molecule has 5 heteroatoms. The van der Waals surface area contributed by atoms with E-state index >= 15 is 0 Å². The second kappa shape index (κ2) is 8.56. The highest BCUT2D eigenvalue weighted by Crippen LogP contribution is 2.25. The maximum absolute atomic E-state index is 12.2. The summed E-state index contributed by atoms with van der Waals surface area (Å²) < 4.78 is 16.7. The molecule has 0 aromatic heterocycles. The molecule has 0 aliphatic heterocycles. The van der Waals surface area contributed by atoms with E-state index in [1.54, 1.807) is 25.3 Å². The second-order valence-electron chi connectivity index (χ2n) is 4.54. The van der Waals surface area contributed by atoms with Crippen molar-refractivity contribution in [1.82, 2.24) is 0 Å². The van der Waals surface area contributed by atoms with Crippen LogP contribution in [0.1, 0.15) is 15.9 Å². The van der Waals surface area contributed by atoms with Gasteiger partial charge in [-0.3, -0.25) is 0 Å². The predicted molar refractivity (Wildman–Crippen MR) is 87.1 cm³/mol. The standard InChI is InChI=1S/C17H17BrO4/c1-20-9-10-21-16-11-14(18)7-8-15(16)17(19)22-12-13-5-3-2-4-6-13/h2-8,11H,9-10,12H2,1H3. The molecule has 0 bridgehead atoms. The van der Waals surface area contributed by atoms with Gasteiger partial charge in [-0.1, -0.05) is 46.3 Å². The van der Waals surface area contributed by atoms with Gasteiger partial charge in [-0.25, -0.2) is 4.79 Å². The van der Waals surface area contributed by atoms with Gasteiger partial charge in [0.25, 0.3) is 0 Å². The number of halogens is 1. The fourth-order valence-electron chi connectivity index (χ4n) is 1.82. The molecule has 0 saturated carbocycles. The zero-order valence-electron chi connectivity index (χ0n) is 12.3. The van der Waals surface area contributed by atoms with Crippen LogP contribution in [-0.4, -0.2) is 26.3 Å². The van der Waals surface area contributed by atoms with Crippen LogP contribution >= 0.6 is 15.9 Å². The van der Waals surface area contributed by atoms with E-state index < -0.39 is 5.97 Å². The first-order valence-electron chi connectivity index (χ1n) is 6.83. The summed E-state index contributed by atoms with van der Waals surface area (Å²) in [6.07, 6.45) is 0. The molecule has 0 N–H and O–H groups in total. The zero-order chi connectivity index (χ0) is 15.8.